The highest BCUT2D eigenvalue weighted by molar-refractivity contribution is 6.35. The predicted molar refractivity (Wildman–Crippen MR) is 70.3 cm³/mol. The third-order valence-electron chi connectivity index (χ3n) is 2.07. The van der Waals surface area contributed by atoms with E-state index in [2.05, 4.69) is 12.2 Å². The van der Waals surface area contributed by atoms with Crippen LogP contribution in [0.1, 0.15) is 25.3 Å². The monoisotopic (exact) mass is 267 g/mol. The molecule has 1 nitrogen and oxygen atoms in total. The van der Waals surface area contributed by atoms with Gasteiger partial charge in [0.05, 0.1) is 0 Å². The Morgan fingerprint density at radius 1 is 1.20 bits per heavy atom. The quantitative estimate of drug-likeness (QED) is 0.785. The molecule has 0 amide bonds. The van der Waals surface area contributed by atoms with Crippen molar-refractivity contribution in [3.63, 3.8) is 0 Å². The lowest BCUT2D eigenvalue weighted by atomic mass is 10.2. The van der Waals surface area contributed by atoms with Crippen molar-refractivity contribution in [1.82, 2.24) is 5.32 Å². The third-order valence-corrected chi connectivity index (χ3v) is 2.78. The number of nitrogens with one attached hydrogen (secondary N) is 1. The van der Waals surface area contributed by atoms with Crippen LogP contribution in [-0.2, 0) is 6.54 Å². The summed E-state index contributed by atoms with van der Waals surface area (Å²) in [5.74, 6) is 0. The minimum absolute atomic E-state index is 0. The third kappa shape index (κ3) is 5.07. The first kappa shape index (κ1) is 15.0. The molecule has 0 unspecified atom stereocenters. The SMILES string of the molecule is CCCCNCc1c(Cl)cccc1Cl.Cl. The Morgan fingerprint density at radius 2 is 1.80 bits per heavy atom. The Balaban J connectivity index is 0.00000196. The van der Waals surface area contributed by atoms with Gasteiger partial charge >= 0.3 is 0 Å². The summed E-state index contributed by atoms with van der Waals surface area (Å²) >= 11 is 12.0. The molecule has 86 valence electrons. The summed E-state index contributed by atoms with van der Waals surface area (Å²) in [5, 5.41) is 4.79. The Labute approximate surface area is 108 Å². The number of halogens is 3. The smallest absolute Gasteiger partial charge is 0.0465 e. The average Bonchev–Trinajstić information content (AvgIpc) is 2.16. The largest absolute Gasteiger partial charge is 0.313 e. The van der Waals surface area contributed by atoms with E-state index in [1.807, 2.05) is 18.2 Å². The molecule has 4 heteroatoms. The maximum absolute atomic E-state index is 6.02. The highest BCUT2D eigenvalue weighted by Crippen LogP contribution is 2.23. The lowest BCUT2D eigenvalue weighted by Gasteiger charge is -2.07. The number of hydrogen-bond donors (Lipinski definition) is 1. The number of hydrogen-bond acceptors (Lipinski definition) is 1. The molecule has 0 radical (unpaired) electrons. The van der Waals surface area contributed by atoms with E-state index in [1.54, 1.807) is 0 Å². The van der Waals surface area contributed by atoms with Crippen LogP contribution in [0.4, 0.5) is 0 Å². The van der Waals surface area contributed by atoms with Gasteiger partial charge in [0.15, 0.2) is 0 Å². The van der Waals surface area contributed by atoms with Crippen LogP contribution in [0.25, 0.3) is 0 Å². The van der Waals surface area contributed by atoms with E-state index in [9.17, 15) is 0 Å². The van der Waals surface area contributed by atoms with Crippen LogP contribution in [0.5, 0.6) is 0 Å². The molecule has 1 rings (SSSR count). The van der Waals surface area contributed by atoms with Crippen LogP contribution >= 0.6 is 35.6 Å². The zero-order valence-corrected chi connectivity index (χ0v) is 11.1. The fourth-order valence-electron chi connectivity index (χ4n) is 1.22. The van der Waals surface area contributed by atoms with Crippen molar-refractivity contribution in [2.75, 3.05) is 6.54 Å². The molecule has 0 bridgehead atoms. The van der Waals surface area contributed by atoms with Crippen LogP contribution < -0.4 is 5.32 Å². The molecule has 0 aliphatic carbocycles. The molecule has 0 fully saturated rings. The summed E-state index contributed by atoms with van der Waals surface area (Å²) in [7, 11) is 0. The van der Waals surface area contributed by atoms with Gasteiger partial charge < -0.3 is 5.32 Å². The molecule has 0 aliphatic rings. The Hall–Kier alpha value is 0.0500. The lowest BCUT2D eigenvalue weighted by molar-refractivity contribution is 0.641. The zero-order chi connectivity index (χ0) is 10.4. The molecule has 0 saturated carbocycles. The van der Waals surface area contributed by atoms with Gasteiger partial charge in [0.25, 0.3) is 0 Å². The molecule has 0 saturated heterocycles. The van der Waals surface area contributed by atoms with E-state index < -0.39 is 0 Å². The Kier molecular flexibility index (Phi) is 8.26. The Morgan fingerprint density at radius 3 is 2.33 bits per heavy atom. The van der Waals surface area contributed by atoms with Crippen molar-refractivity contribution < 1.29 is 0 Å². The second kappa shape index (κ2) is 8.23. The van der Waals surface area contributed by atoms with E-state index in [0.29, 0.717) is 0 Å². The van der Waals surface area contributed by atoms with E-state index in [4.69, 9.17) is 23.2 Å². The molecule has 0 atom stereocenters. The maximum atomic E-state index is 6.02. The molecule has 0 aromatic heterocycles. The van der Waals surface area contributed by atoms with Gasteiger partial charge in [-0.25, -0.2) is 0 Å². The number of rotatable bonds is 5. The van der Waals surface area contributed by atoms with Crippen LogP contribution in [0.15, 0.2) is 18.2 Å². The van der Waals surface area contributed by atoms with Crippen LogP contribution in [0, 0.1) is 0 Å². The van der Waals surface area contributed by atoms with Crippen molar-refractivity contribution in [3.05, 3.63) is 33.8 Å². The average molecular weight is 269 g/mol. The minimum atomic E-state index is 0. The second-order valence-corrected chi connectivity index (χ2v) is 4.04. The molecule has 1 N–H and O–H groups in total. The van der Waals surface area contributed by atoms with Crippen molar-refractivity contribution in [2.24, 2.45) is 0 Å². The molecular formula is C11H16Cl3N. The van der Waals surface area contributed by atoms with Gasteiger partial charge in [-0.2, -0.15) is 0 Å². The maximum Gasteiger partial charge on any atom is 0.0465 e. The topological polar surface area (TPSA) is 12.0 Å². The van der Waals surface area contributed by atoms with Gasteiger partial charge in [-0.3, -0.25) is 0 Å². The van der Waals surface area contributed by atoms with Gasteiger partial charge in [-0.15, -0.1) is 12.4 Å². The molecule has 1 aromatic carbocycles. The van der Waals surface area contributed by atoms with Gasteiger partial charge in [-0.1, -0.05) is 42.6 Å². The molecule has 0 heterocycles. The van der Waals surface area contributed by atoms with E-state index in [0.717, 1.165) is 28.7 Å². The minimum Gasteiger partial charge on any atom is -0.313 e. The first-order valence-electron chi connectivity index (χ1n) is 4.89. The molecular weight excluding hydrogens is 252 g/mol. The number of unbranched alkanes of at least 4 members (excludes halogenated alkanes) is 1. The zero-order valence-electron chi connectivity index (χ0n) is 8.72. The summed E-state index contributed by atoms with van der Waals surface area (Å²) in [4.78, 5) is 0. The molecule has 1 aromatic rings. The lowest BCUT2D eigenvalue weighted by Crippen LogP contribution is -2.14. The highest BCUT2D eigenvalue weighted by atomic mass is 35.5. The van der Waals surface area contributed by atoms with E-state index in [-0.39, 0.29) is 12.4 Å². The van der Waals surface area contributed by atoms with E-state index in [1.165, 1.54) is 12.8 Å². The van der Waals surface area contributed by atoms with Gasteiger partial charge in [0.1, 0.15) is 0 Å². The first-order chi connectivity index (χ1) is 6.75. The molecule has 15 heavy (non-hydrogen) atoms. The Bertz CT molecular complexity index is 269. The molecule has 0 spiro atoms. The van der Waals surface area contributed by atoms with Crippen molar-refractivity contribution >= 4 is 35.6 Å². The van der Waals surface area contributed by atoms with Crippen molar-refractivity contribution in [2.45, 2.75) is 26.3 Å². The van der Waals surface area contributed by atoms with Crippen molar-refractivity contribution in [3.8, 4) is 0 Å². The summed E-state index contributed by atoms with van der Waals surface area (Å²) in [6.45, 7) is 3.93. The summed E-state index contributed by atoms with van der Waals surface area (Å²) < 4.78 is 0. The summed E-state index contributed by atoms with van der Waals surface area (Å²) in [5.41, 5.74) is 0.993. The fourth-order valence-corrected chi connectivity index (χ4v) is 1.75. The van der Waals surface area contributed by atoms with Gasteiger partial charge in [0, 0.05) is 22.2 Å². The highest BCUT2D eigenvalue weighted by Gasteiger charge is 2.03. The standard InChI is InChI=1S/C11H15Cl2N.ClH/c1-2-3-7-14-8-9-10(12)5-4-6-11(9)13;/h4-6,14H,2-3,7-8H2,1H3;1H. The van der Waals surface area contributed by atoms with Crippen molar-refractivity contribution in [1.29, 1.82) is 0 Å². The number of benzene rings is 1. The van der Waals surface area contributed by atoms with E-state index >= 15 is 0 Å². The first-order valence-corrected chi connectivity index (χ1v) is 5.65. The normalized spacial score (nSPS) is 9.80. The van der Waals surface area contributed by atoms with Gasteiger partial charge in [-0.05, 0) is 25.1 Å². The fraction of sp³-hybridized carbons (Fsp3) is 0.455. The van der Waals surface area contributed by atoms with Crippen LogP contribution in [0.2, 0.25) is 10.0 Å². The second-order valence-electron chi connectivity index (χ2n) is 3.23. The molecule has 0 aliphatic heterocycles. The van der Waals surface area contributed by atoms with Crippen LogP contribution in [-0.4, -0.2) is 6.54 Å². The summed E-state index contributed by atoms with van der Waals surface area (Å²) in [6.07, 6.45) is 2.38. The summed E-state index contributed by atoms with van der Waals surface area (Å²) in [6, 6.07) is 5.59. The van der Waals surface area contributed by atoms with Crippen LogP contribution in [0.3, 0.4) is 0 Å². The van der Waals surface area contributed by atoms with Gasteiger partial charge in [0.2, 0.25) is 0 Å². The predicted octanol–water partition coefficient (Wildman–Crippen LogP) is 4.30.